The van der Waals surface area contributed by atoms with Gasteiger partial charge in [-0.1, -0.05) is 12.1 Å². The predicted octanol–water partition coefficient (Wildman–Crippen LogP) is 5.25. The van der Waals surface area contributed by atoms with Crippen LogP contribution in [0, 0.1) is 18.8 Å². The molecule has 0 radical (unpaired) electrons. The molecule has 3 aliphatic rings. The van der Waals surface area contributed by atoms with Gasteiger partial charge >= 0.3 is 0 Å². The number of nitrogens with zero attached hydrogens (tertiary/aromatic N) is 4. The van der Waals surface area contributed by atoms with Crippen LogP contribution in [0.2, 0.25) is 0 Å². The third-order valence-electron chi connectivity index (χ3n) is 6.94. The Balaban J connectivity index is 1.18. The third kappa shape index (κ3) is 5.34. The first-order valence-electron chi connectivity index (χ1n) is 12.3. The van der Waals surface area contributed by atoms with Crippen molar-refractivity contribution in [1.29, 1.82) is 0 Å². The number of carbonyl (C=O) groups is 1. The molecule has 2 N–H and O–H groups in total. The van der Waals surface area contributed by atoms with Crippen molar-refractivity contribution in [1.82, 2.24) is 20.2 Å². The summed E-state index contributed by atoms with van der Waals surface area (Å²) in [6.07, 6.45) is 5.57. The van der Waals surface area contributed by atoms with E-state index < -0.39 is 5.67 Å². The van der Waals surface area contributed by atoms with E-state index in [4.69, 9.17) is 4.98 Å². The van der Waals surface area contributed by atoms with Gasteiger partial charge in [0.25, 0.3) is 0 Å². The number of alkyl halides is 1. The molecule has 2 aromatic heterocycles. The van der Waals surface area contributed by atoms with Gasteiger partial charge in [0.1, 0.15) is 23.1 Å². The monoisotopic (exact) mass is 492 g/mol. The van der Waals surface area contributed by atoms with Crippen LogP contribution in [0.5, 0.6) is 0 Å². The van der Waals surface area contributed by atoms with E-state index in [1.807, 2.05) is 48.2 Å². The summed E-state index contributed by atoms with van der Waals surface area (Å²) >= 11 is 1.45. The average Bonchev–Trinajstić information content (AvgIpc) is 3.73. The molecule has 3 fully saturated rings. The fourth-order valence-electron chi connectivity index (χ4n) is 4.63. The Morgan fingerprint density at radius 2 is 1.91 bits per heavy atom. The van der Waals surface area contributed by atoms with E-state index in [1.165, 1.54) is 24.6 Å². The van der Waals surface area contributed by atoms with E-state index in [2.05, 4.69) is 20.5 Å². The Morgan fingerprint density at radius 1 is 1.14 bits per heavy atom. The summed E-state index contributed by atoms with van der Waals surface area (Å²) in [5, 5.41) is 11.0. The second-order valence-electron chi connectivity index (χ2n) is 10.2. The third-order valence-corrected chi connectivity index (χ3v) is 7.81. The number of nitrogens with one attached hydrogen (secondary N) is 2. The maximum atomic E-state index is 15.0. The number of carbonyl (C=O) groups excluding carboxylic acids is 1. The first-order valence-corrected chi connectivity index (χ1v) is 13.1. The lowest BCUT2D eigenvalue weighted by Crippen LogP contribution is -2.60. The molecule has 182 valence electrons. The Labute approximate surface area is 208 Å². The van der Waals surface area contributed by atoms with Crippen LogP contribution in [0.1, 0.15) is 43.4 Å². The molecule has 0 amide bonds. The Morgan fingerprint density at radius 3 is 2.57 bits per heavy atom. The van der Waals surface area contributed by atoms with E-state index >= 15 is 0 Å². The fourth-order valence-corrected chi connectivity index (χ4v) is 5.40. The van der Waals surface area contributed by atoms with Crippen molar-refractivity contribution in [3.05, 3.63) is 47.7 Å². The topological polar surface area (TPSA) is 86.8 Å². The van der Waals surface area contributed by atoms with E-state index in [1.54, 1.807) is 0 Å². The number of ketones is 1. The standard InChI is InChI=1S/C26H29FN6OS/c1-16-10-23(32-31-16)28-22-13-24(33-14-26(27,15-33)19-6-7-19)30-25(29-22)35-21-8-4-18(5-9-21)12-20(34)11-17-2-3-17/h4-5,8-10,13,17,19H,2-3,6-7,11-12,14-15H2,1H3,(H2,28,29,30,31,32). The molecule has 0 unspecified atom stereocenters. The molecule has 3 aromatic rings. The van der Waals surface area contributed by atoms with Gasteiger partial charge in [-0.2, -0.15) is 5.10 Å². The molecule has 7 nitrogen and oxygen atoms in total. The number of aryl methyl sites for hydroxylation is 1. The first-order chi connectivity index (χ1) is 16.9. The summed E-state index contributed by atoms with van der Waals surface area (Å²) in [7, 11) is 0. The molecule has 2 aliphatic carbocycles. The molecule has 2 saturated carbocycles. The smallest absolute Gasteiger partial charge is 0.196 e. The first kappa shape index (κ1) is 22.5. The van der Waals surface area contributed by atoms with Gasteiger partial charge in [0, 0.05) is 35.6 Å². The number of aromatic amines is 1. The van der Waals surface area contributed by atoms with Gasteiger partial charge in [0.2, 0.25) is 0 Å². The molecule has 3 heterocycles. The number of hydrogen-bond acceptors (Lipinski definition) is 7. The number of Topliss-reactive ketones (excluding diaryl/α,β-unsaturated/α-hetero) is 1. The van der Waals surface area contributed by atoms with Crippen LogP contribution in [0.15, 0.2) is 46.5 Å². The number of anilines is 3. The molecule has 0 atom stereocenters. The lowest BCUT2D eigenvalue weighted by atomic mass is 9.91. The van der Waals surface area contributed by atoms with Crippen molar-refractivity contribution in [3.8, 4) is 0 Å². The van der Waals surface area contributed by atoms with Crippen molar-refractivity contribution >= 4 is 35.0 Å². The number of benzene rings is 1. The van der Waals surface area contributed by atoms with E-state index in [0.29, 0.717) is 60.2 Å². The molecular weight excluding hydrogens is 463 g/mol. The van der Waals surface area contributed by atoms with Crippen LogP contribution in [0.4, 0.5) is 21.8 Å². The van der Waals surface area contributed by atoms with E-state index in [9.17, 15) is 9.18 Å². The molecule has 6 rings (SSSR count). The fraction of sp³-hybridized carbons (Fsp3) is 0.462. The minimum absolute atomic E-state index is 0.203. The number of hydrogen-bond donors (Lipinski definition) is 2. The lowest BCUT2D eigenvalue weighted by Gasteiger charge is -2.45. The van der Waals surface area contributed by atoms with Gasteiger partial charge in [-0.15, -0.1) is 0 Å². The predicted molar refractivity (Wildman–Crippen MR) is 134 cm³/mol. The minimum Gasteiger partial charge on any atom is -0.350 e. The van der Waals surface area contributed by atoms with Gasteiger partial charge in [0.15, 0.2) is 11.0 Å². The molecular formula is C26H29FN6OS. The highest BCUT2D eigenvalue weighted by atomic mass is 32.2. The molecule has 1 aromatic carbocycles. The van der Waals surface area contributed by atoms with Gasteiger partial charge in [-0.05, 0) is 73.9 Å². The summed E-state index contributed by atoms with van der Waals surface area (Å²) in [5.74, 6) is 3.15. The Bertz CT molecular complexity index is 1230. The SMILES string of the molecule is Cc1cc(Nc2cc(N3CC(F)(C4CC4)C3)nc(Sc3ccc(CC(=O)CC4CC4)cc3)n2)n[nH]1. The number of aromatic nitrogens is 4. The summed E-state index contributed by atoms with van der Waals surface area (Å²) in [5.41, 5.74) is 0.894. The molecule has 1 aliphatic heterocycles. The summed E-state index contributed by atoms with van der Waals surface area (Å²) < 4.78 is 15.0. The normalized spacial score (nSPS) is 18.9. The summed E-state index contributed by atoms with van der Waals surface area (Å²) in [6, 6.07) is 11.8. The average molecular weight is 493 g/mol. The van der Waals surface area contributed by atoms with Crippen molar-refractivity contribution in [2.45, 2.75) is 61.2 Å². The molecule has 1 saturated heterocycles. The van der Waals surface area contributed by atoms with Crippen LogP contribution in [-0.2, 0) is 11.2 Å². The summed E-state index contributed by atoms with van der Waals surface area (Å²) in [4.78, 5) is 24.6. The van der Waals surface area contributed by atoms with Crippen molar-refractivity contribution in [2.75, 3.05) is 23.3 Å². The highest BCUT2D eigenvalue weighted by Crippen LogP contribution is 2.48. The van der Waals surface area contributed by atoms with Crippen LogP contribution in [0.25, 0.3) is 0 Å². The zero-order valence-electron chi connectivity index (χ0n) is 19.8. The maximum absolute atomic E-state index is 15.0. The highest BCUT2D eigenvalue weighted by molar-refractivity contribution is 7.99. The van der Waals surface area contributed by atoms with Crippen LogP contribution in [0.3, 0.4) is 0 Å². The quantitative estimate of drug-likeness (QED) is 0.374. The second kappa shape index (κ2) is 8.93. The Hall–Kier alpha value is -2.94. The van der Waals surface area contributed by atoms with Crippen LogP contribution >= 0.6 is 11.8 Å². The van der Waals surface area contributed by atoms with E-state index in [0.717, 1.165) is 29.0 Å². The molecule has 35 heavy (non-hydrogen) atoms. The number of halogens is 1. The Kier molecular flexibility index (Phi) is 5.75. The van der Waals surface area contributed by atoms with Crippen LogP contribution < -0.4 is 10.2 Å². The van der Waals surface area contributed by atoms with Crippen LogP contribution in [-0.4, -0.2) is 44.7 Å². The van der Waals surface area contributed by atoms with Crippen molar-refractivity contribution in [2.24, 2.45) is 11.8 Å². The molecule has 9 heteroatoms. The number of H-pyrrole nitrogens is 1. The molecule has 0 bridgehead atoms. The second-order valence-corrected chi connectivity index (χ2v) is 11.3. The largest absolute Gasteiger partial charge is 0.350 e. The minimum atomic E-state index is -1.09. The van der Waals surface area contributed by atoms with Gasteiger partial charge < -0.3 is 10.2 Å². The van der Waals surface area contributed by atoms with Gasteiger partial charge in [-0.3, -0.25) is 9.89 Å². The highest BCUT2D eigenvalue weighted by Gasteiger charge is 2.54. The van der Waals surface area contributed by atoms with E-state index in [-0.39, 0.29) is 5.92 Å². The van der Waals surface area contributed by atoms with Gasteiger partial charge in [-0.25, -0.2) is 14.4 Å². The van der Waals surface area contributed by atoms with Crippen molar-refractivity contribution in [3.63, 3.8) is 0 Å². The summed E-state index contributed by atoms with van der Waals surface area (Å²) in [6.45, 7) is 2.69. The number of rotatable bonds is 10. The molecule has 0 spiro atoms. The van der Waals surface area contributed by atoms with Crippen molar-refractivity contribution < 1.29 is 9.18 Å². The zero-order valence-corrected chi connectivity index (χ0v) is 20.6. The maximum Gasteiger partial charge on any atom is 0.196 e. The van der Waals surface area contributed by atoms with Gasteiger partial charge in [0.05, 0.1) is 13.1 Å². The zero-order chi connectivity index (χ0) is 24.0. The lowest BCUT2D eigenvalue weighted by molar-refractivity contribution is -0.118.